The molecule has 0 radical (unpaired) electrons. The summed E-state index contributed by atoms with van der Waals surface area (Å²) in [6.45, 7) is 3.04. The summed E-state index contributed by atoms with van der Waals surface area (Å²) in [5.74, 6) is -0.259. The van der Waals surface area contributed by atoms with Gasteiger partial charge in [0, 0.05) is 6.04 Å². The van der Waals surface area contributed by atoms with Gasteiger partial charge in [0.2, 0.25) is 0 Å². The molecule has 0 amide bonds. The highest BCUT2D eigenvalue weighted by Crippen LogP contribution is 2.24. The van der Waals surface area contributed by atoms with Gasteiger partial charge in [0.1, 0.15) is 0 Å². The second-order valence-electron chi connectivity index (χ2n) is 4.57. The average Bonchev–Trinajstić information content (AvgIpc) is 2.39. The van der Waals surface area contributed by atoms with Gasteiger partial charge in [-0.2, -0.15) is 0 Å². The number of rotatable bonds is 2. The molecule has 0 saturated carbocycles. The lowest BCUT2D eigenvalue weighted by molar-refractivity contribution is 0.0600. The van der Waals surface area contributed by atoms with Crippen molar-refractivity contribution in [3.63, 3.8) is 0 Å². The van der Waals surface area contributed by atoms with Crippen LogP contribution in [-0.2, 0) is 4.74 Å². The number of hydrogen-bond acceptors (Lipinski definition) is 3. The van der Waals surface area contributed by atoms with Crippen molar-refractivity contribution in [1.29, 1.82) is 0 Å². The first-order chi connectivity index (χ1) is 8.22. The molecule has 3 heteroatoms. The number of nitrogens with one attached hydrogen (secondary N) is 1. The first-order valence-corrected chi connectivity index (χ1v) is 6.14. The summed E-state index contributed by atoms with van der Waals surface area (Å²) in [5, 5.41) is 3.51. The second-order valence-corrected chi connectivity index (χ2v) is 4.57. The fraction of sp³-hybridized carbons (Fsp3) is 0.500. The van der Waals surface area contributed by atoms with E-state index in [0.717, 1.165) is 12.1 Å². The maximum atomic E-state index is 11.5. The van der Waals surface area contributed by atoms with E-state index < -0.39 is 0 Å². The number of esters is 1. The summed E-state index contributed by atoms with van der Waals surface area (Å²) in [5.41, 5.74) is 2.92. The van der Waals surface area contributed by atoms with Crippen LogP contribution in [0.15, 0.2) is 18.2 Å². The summed E-state index contributed by atoms with van der Waals surface area (Å²) < 4.78 is 4.75. The van der Waals surface area contributed by atoms with Crippen molar-refractivity contribution in [1.82, 2.24) is 5.32 Å². The van der Waals surface area contributed by atoms with Crippen molar-refractivity contribution < 1.29 is 9.53 Å². The average molecular weight is 233 g/mol. The quantitative estimate of drug-likeness (QED) is 0.798. The number of ether oxygens (including phenoxy) is 1. The van der Waals surface area contributed by atoms with Gasteiger partial charge in [0.05, 0.1) is 12.7 Å². The molecule has 1 unspecified atom stereocenters. The van der Waals surface area contributed by atoms with Crippen LogP contribution in [-0.4, -0.2) is 19.6 Å². The van der Waals surface area contributed by atoms with Crippen molar-refractivity contribution >= 4 is 5.97 Å². The Hall–Kier alpha value is -1.35. The van der Waals surface area contributed by atoms with Gasteiger partial charge >= 0.3 is 5.97 Å². The van der Waals surface area contributed by atoms with Crippen LogP contribution in [0, 0.1) is 6.92 Å². The van der Waals surface area contributed by atoms with E-state index in [9.17, 15) is 4.79 Å². The van der Waals surface area contributed by atoms with Gasteiger partial charge in [-0.15, -0.1) is 0 Å². The highest BCUT2D eigenvalue weighted by Gasteiger charge is 2.16. The minimum atomic E-state index is -0.259. The van der Waals surface area contributed by atoms with Crippen LogP contribution in [0.2, 0.25) is 0 Å². The maximum absolute atomic E-state index is 11.5. The van der Waals surface area contributed by atoms with E-state index in [4.69, 9.17) is 4.74 Å². The van der Waals surface area contributed by atoms with Crippen molar-refractivity contribution in [2.24, 2.45) is 0 Å². The highest BCUT2D eigenvalue weighted by molar-refractivity contribution is 5.91. The summed E-state index contributed by atoms with van der Waals surface area (Å²) in [6.07, 6.45) is 3.71. The lowest BCUT2D eigenvalue weighted by Crippen LogP contribution is -2.26. The zero-order valence-electron chi connectivity index (χ0n) is 10.5. The van der Waals surface area contributed by atoms with Crippen LogP contribution in [0.3, 0.4) is 0 Å². The Labute approximate surface area is 102 Å². The third kappa shape index (κ3) is 2.67. The summed E-state index contributed by atoms with van der Waals surface area (Å²) in [4.78, 5) is 11.5. The fourth-order valence-corrected chi connectivity index (χ4v) is 2.38. The molecule has 92 valence electrons. The minimum absolute atomic E-state index is 0.259. The largest absolute Gasteiger partial charge is 0.465 e. The molecule has 0 aromatic heterocycles. The van der Waals surface area contributed by atoms with Crippen molar-refractivity contribution in [3.05, 3.63) is 34.9 Å². The van der Waals surface area contributed by atoms with Crippen LogP contribution >= 0.6 is 0 Å². The predicted molar refractivity (Wildman–Crippen MR) is 67.1 cm³/mol. The number of benzene rings is 1. The maximum Gasteiger partial charge on any atom is 0.338 e. The molecule has 1 aromatic carbocycles. The zero-order valence-corrected chi connectivity index (χ0v) is 10.5. The van der Waals surface area contributed by atoms with Crippen LogP contribution in [0.4, 0.5) is 0 Å². The lowest BCUT2D eigenvalue weighted by Gasteiger charge is -2.24. The van der Waals surface area contributed by atoms with Crippen molar-refractivity contribution in [2.45, 2.75) is 32.2 Å². The molecule has 1 aromatic rings. The number of aryl methyl sites for hydroxylation is 1. The summed E-state index contributed by atoms with van der Waals surface area (Å²) in [7, 11) is 1.42. The Bertz CT molecular complexity index is 409. The molecule has 0 bridgehead atoms. The molecule has 1 atom stereocenters. The molecule has 1 saturated heterocycles. The number of methoxy groups -OCH3 is 1. The van der Waals surface area contributed by atoms with Gasteiger partial charge in [-0.25, -0.2) is 4.79 Å². The molecule has 1 aliphatic rings. The van der Waals surface area contributed by atoms with Gasteiger partial charge in [-0.05, 0) is 43.5 Å². The third-order valence-electron chi connectivity index (χ3n) is 3.37. The van der Waals surface area contributed by atoms with Gasteiger partial charge < -0.3 is 10.1 Å². The SMILES string of the molecule is COC(=O)c1ccc(C2CCCCN2)cc1C. The molecule has 1 fully saturated rings. The first kappa shape index (κ1) is 12.1. The number of carbonyl (C=O) groups excluding carboxylic acids is 1. The van der Waals surface area contributed by atoms with E-state index in [-0.39, 0.29) is 5.97 Å². The van der Waals surface area contributed by atoms with Gasteiger partial charge in [0.25, 0.3) is 0 Å². The van der Waals surface area contributed by atoms with E-state index in [1.807, 2.05) is 19.1 Å². The fourth-order valence-electron chi connectivity index (χ4n) is 2.38. The number of hydrogen-bond donors (Lipinski definition) is 1. The molecule has 1 aliphatic heterocycles. The summed E-state index contributed by atoms with van der Waals surface area (Å²) >= 11 is 0. The Morgan fingerprint density at radius 1 is 1.41 bits per heavy atom. The number of carbonyl (C=O) groups is 1. The molecule has 0 spiro atoms. The highest BCUT2D eigenvalue weighted by atomic mass is 16.5. The Morgan fingerprint density at radius 3 is 2.82 bits per heavy atom. The molecule has 1 heterocycles. The van der Waals surface area contributed by atoms with E-state index in [1.54, 1.807) is 0 Å². The van der Waals surface area contributed by atoms with E-state index in [0.29, 0.717) is 11.6 Å². The predicted octanol–water partition coefficient (Wildman–Crippen LogP) is 2.60. The minimum Gasteiger partial charge on any atom is -0.465 e. The first-order valence-electron chi connectivity index (χ1n) is 6.14. The molecular formula is C14H19NO2. The van der Waals surface area contributed by atoms with E-state index in [1.165, 1.54) is 31.9 Å². The van der Waals surface area contributed by atoms with Gasteiger partial charge in [-0.3, -0.25) is 0 Å². The van der Waals surface area contributed by atoms with Gasteiger partial charge in [0.15, 0.2) is 0 Å². The Kier molecular flexibility index (Phi) is 3.79. The van der Waals surface area contributed by atoms with E-state index in [2.05, 4.69) is 11.4 Å². The van der Waals surface area contributed by atoms with Crippen molar-refractivity contribution in [2.75, 3.05) is 13.7 Å². The zero-order chi connectivity index (χ0) is 12.3. The normalized spacial score (nSPS) is 20.0. The van der Waals surface area contributed by atoms with E-state index >= 15 is 0 Å². The Balaban J connectivity index is 2.20. The van der Waals surface area contributed by atoms with Crippen LogP contribution in [0.5, 0.6) is 0 Å². The molecule has 3 nitrogen and oxygen atoms in total. The summed E-state index contributed by atoms with van der Waals surface area (Å²) in [6, 6.07) is 6.43. The van der Waals surface area contributed by atoms with Crippen molar-refractivity contribution in [3.8, 4) is 0 Å². The molecule has 1 N–H and O–H groups in total. The molecule has 17 heavy (non-hydrogen) atoms. The topological polar surface area (TPSA) is 38.3 Å². The van der Waals surface area contributed by atoms with Crippen LogP contribution < -0.4 is 5.32 Å². The second kappa shape index (κ2) is 5.32. The van der Waals surface area contributed by atoms with Crippen LogP contribution in [0.1, 0.15) is 46.8 Å². The standard InChI is InChI=1S/C14H19NO2/c1-10-9-11(13-5-3-4-8-15-13)6-7-12(10)14(16)17-2/h6-7,9,13,15H,3-5,8H2,1-2H3. The van der Waals surface area contributed by atoms with Gasteiger partial charge in [-0.1, -0.05) is 18.6 Å². The molecule has 0 aliphatic carbocycles. The smallest absolute Gasteiger partial charge is 0.338 e. The monoisotopic (exact) mass is 233 g/mol. The Morgan fingerprint density at radius 2 is 2.24 bits per heavy atom. The van der Waals surface area contributed by atoms with Crippen LogP contribution in [0.25, 0.3) is 0 Å². The molecule has 2 rings (SSSR count). The number of piperidine rings is 1. The lowest BCUT2D eigenvalue weighted by atomic mass is 9.94. The molecular weight excluding hydrogens is 214 g/mol. The third-order valence-corrected chi connectivity index (χ3v) is 3.37.